The molecule has 1 spiro atoms. The molecular formula is C67H46N2. The van der Waals surface area contributed by atoms with E-state index in [1.54, 1.807) is 0 Å². The summed E-state index contributed by atoms with van der Waals surface area (Å²) in [6.45, 7) is 0. The van der Waals surface area contributed by atoms with Crippen LogP contribution in [0.2, 0.25) is 0 Å². The molecule has 0 aliphatic heterocycles. The van der Waals surface area contributed by atoms with Crippen LogP contribution in [0, 0.1) is 0 Å². The maximum atomic E-state index is 2.49. The Hall–Kier alpha value is -8.98. The highest BCUT2D eigenvalue weighted by Crippen LogP contribution is 2.65. The molecule has 0 amide bonds. The van der Waals surface area contributed by atoms with Gasteiger partial charge in [-0.2, -0.15) is 0 Å². The van der Waals surface area contributed by atoms with E-state index in [1.165, 1.54) is 77.9 Å². The summed E-state index contributed by atoms with van der Waals surface area (Å²) in [5.41, 5.74) is 23.3. The van der Waals surface area contributed by atoms with Crippen LogP contribution in [-0.2, 0) is 5.41 Å². The molecule has 0 saturated heterocycles. The van der Waals surface area contributed by atoms with Crippen molar-refractivity contribution < 1.29 is 0 Å². The van der Waals surface area contributed by atoms with Crippen LogP contribution in [0.3, 0.4) is 0 Å². The summed E-state index contributed by atoms with van der Waals surface area (Å²) < 4.78 is 0. The second-order valence-electron chi connectivity index (χ2n) is 18.0. The minimum Gasteiger partial charge on any atom is -0.310 e. The van der Waals surface area contributed by atoms with Gasteiger partial charge in [0.25, 0.3) is 0 Å². The third-order valence-corrected chi connectivity index (χ3v) is 14.2. The Balaban J connectivity index is 1.05. The van der Waals surface area contributed by atoms with E-state index < -0.39 is 5.41 Å². The highest BCUT2D eigenvalue weighted by molar-refractivity contribution is 6.02. The molecule has 0 aromatic heterocycles. The second kappa shape index (κ2) is 16.7. The van der Waals surface area contributed by atoms with Gasteiger partial charge in [0, 0.05) is 34.0 Å². The topological polar surface area (TPSA) is 6.48 Å². The zero-order chi connectivity index (χ0) is 45.7. The van der Waals surface area contributed by atoms with Gasteiger partial charge >= 0.3 is 0 Å². The zero-order valence-electron chi connectivity index (χ0n) is 38.0. The molecule has 0 fully saturated rings. The summed E-state index contributed by atoms with van der Waals surface area (Å²) in [4.78, 5) is 4.91. The number of nitrogens with zero attached hydrogens (tertiary/aromatic N) is 2. The van der Waals surface area contributed by atoms with Crippen molar-refractivity contribution >= 4 is 34.1 Å². The largest absolute Gasteiger partial charge is 0.310 e. The smallest absolute Gasteiger partial charge is 0.0727 e. The molecule has 2 aliphatic rings. The molecule has 11 aromatic carbocycles. The van der Waals surface area contributed by atoms with Crippen molar-refractivity contribution in [3.63, 3.8) is 0 Å². The molecule has 324 valence electrons. The normalized spacial score (nSPS) is 13.9. The van der Waals surface area contributed by atoms with Gasteiger partial charge in [-0.25, -0.2) is 0 Å². The monoisotopic (exact) mass is 878 g/mol. The first kappa shape index (κ1) is 40.3. The average molecular weight is 879 g/mol. The molecule has 2 heteroatoms. The minimum absolute atomic E-state index is 0.596. The standard InChI is InChI=1S/C67H46N2/c1-5-21-47(22-6-1)50-27-17-32-54(43-50)68(53-30-11-4-12-31-53)57-41-42-59-58-35-13-15-37-61(58)67(64(59)46-57)62-38-16-14-36-60(62)66-63(67)39-20-40-65(66)69(55-33-18-28-51(44-55)48-23-7-2-8-24-48)56-34-19-29-52(45-56)49-25-9-3-10-26-49/h1-46H. The molecule has 69 heavy (non-hydrogen) atoms. The average Bonchev–Trinajstić information content (AvgIpc) is 3.90. The third-order valence-electron chi connectivity index (χ3n) is 14.2. The van der Waals surface area contributed by atoms with E-state index in [1.807, 2.05) is 0 Å². The Morgan fingerprint density at radius 1 is 0.217 bits per heavy atom. The van der Waals surface area contributed by atoms with Gasteiger partial charge in [-0.3, -0.25) is 0 Å². The number of hydrogen-bond donors (Lipinski definition) is 0. The Morgan fingerprint density at radius 3 is 1.14 bits per heavy atom. The molecule has 0 N–H and O–H groups in total. The number of benzene rings is 11. The van der Waals surface area contributed by atoms with Gasteiger partial charge in [-0.05, 0) is 139 Å². The number of hydrogen-bond acceptors (Lipinski definition) is 2. The van der Waals surface area contributed by atoms with Gasteiger partial charge in [-0.15, -0.1) is 0 Å². The second-order valence-corrected chi connectivity index (χ2v) is 18.0. The fraction of sp³-hybridized carbons (Fsp3) is 0.0149. The molecule has 1 atom stereocenters. The summed E-state index contributed by atoms with van der Waals surface area (Å²) in [6.07, 6.45) is 0. The fourth-order valence-electron chi connectivity index (χ4n) is 11.3. The predicted molar refractivity (Wildman–Crippen MR) is 288 cm³/mol. The molecule has 0 saturated carbocycles. The first-order valence-corrected chi connectivity index (χ1v) is 23.8. The van der Waals surface area contributed by atoms with Gasteiger partial charge in [0.2, 0.25) is 0 Å². The summed E-state index contributed by atoms with van der Waals surface area (Å²) >= 11 is 0. The van der Waals surface area contributed by atoms with Crippen LogP contribution in [0.15, 0.2) is 279 Å². The van der Waals surface area contributed by atoms with Crippen molar-refractivity contribution in [3.8, 4) is 55.6 Å². The van der Waals surface area contributed by atoms with Crippen LogP contribution in [0.5, 0.6) is 0 Å². The Bertz CT molecular complexity index is 3590. The van der Waals surface area contributed by atoms with E-state index >= 15 is 0 Å². The molecule has 2 nitrogen and oxygen atoms in total. The lowest BCUT2D eigenvalue weighted by Gasteiger charge is -2.33. The van der Waals surface area contributed by atoms with E-state index in [0.717, 1.165) is 34.1 Å². The lowest BCUT2D eigenvalue weighted by atomic mass is 9.70. The first-order valence-electron chi connectivity index (χ1n) is 23.8. The van der Waals surface area contributed by atoms with Crippen LogP contribution in [0.1, 0.15) is 22.3 Å². The molecule has 11 aromatic rings. The number of rotatable bonds is 9. The van der Waals surface area contributed by atoms with Crippen molar-refractivity contribution in [1.82, 2.24) is 0 Å². The highest BCUT2D eigenvalue weighted by Gasteiger charge is 2.52. The van der Waals surface area contributed by atoms with Gasteiger partial charge in [0.05, 0.1) is 11.1 Å². The highest BCUT2D eigenvalue weighted by atomic mass is 15.2. The quantitative estimate of drug-likeness (QED) is 0.143. The Labute approximate surface area is 404 Å². The molecule has 0 bridgehead atoms. The molecule has 2 aliphatic carbocycles. The van der Waals surface area contributed by atoms with Crippen molar-refractivity contribution in [1.29, 1.82) is 0 Å². The van der Waals surface area contributed by atoms with Crippen LogP contribution in [0.4, 0.5) is 34.1 Å². The van der Waals surface area contributed by atoms with Crippen LogP contribution < -0.4 is 9.80 Å². The number of para-hydroxylation sites is 1. The lowest BCUT2D eigenvalue weighted by Crippen LogP contribution is -2.26. The summed E-state index contributed by atoms with van der Waals surface area (Å²) in [6, 6.07) is 102. The molecule has 1 unspecified atom stereocenters. The number of anilines is 6. The maximum Gasteiger partial charge on any atom is 0.0727 e. The van der Waals surface area contributed by atoms with Gasteiger partial charge in [0.15, 0.2) is 0 Å². The Morgan fingerprint density at radius 2 is 0.594 bits per heavy atom. The maximum absolute atomic E-state index is 2.49. The van der Waals surface area contributed by atoms with Crippen molar-refractivity contribution in [3.05, 3.63) is 301 Å². The van der Waals surface area contributed by atoms with Gasteiger partial charge in [-0.1, -0.05) is 212 Å². The lowest BCUT2D eigenvalue weighted by molar-refractivity contribution is 0.793. The zero-order valence-corrected chi connectivity index (χ0v) is 38.0. The van der Waals surface area contributed by atoms with E-state index in [0.29, 0.717) is 0 Å². The van der Waals surface area contributed by atoms with Crippen molar-refractivity contribution in [2.24, 2.45) is 0 Å². The molecule has 0 heterocycles. The summed E-state index contributed by atoms with van der Waals surface area (Å²) in [7, 11) is 0. The van der Waals surface area contributed by atoms with Crippen molar-refractivity contribution in [2.45, 2.75) is 5.41 Å². The Kier molecular flexibility index (Phi) is 9.77. The third kappa shape index (κ3) is 6.64. The molecule has 13 rings (SSSR count). The summed E-state index contributed by atoms with van der Waals surface area (Å²) in [5.74, 6) is 0. The fourth-order valence-corrected chi connectivity index (χ4v) is 11.3. The van der Waals surface area contributed by atoms with E-state index in [2.05, 4.69) is 289 Å². The van der Waals surface area contributed by atoms with E-state index in [-0.39, 0.29) is 0 Å². The summed E-state index contributed by atoms with van der Waals surface area (Å²) in [5, 5.41) is 0. The SMILES string of the molecule is c1ccc(-c2cccc(N(c3ccccc3)c3ccc4c(c3)C3(c5ccccc5-4)c4ccccc4-c4c(N(c5cccc(-c6ccccc6)c5)c5cccc(-c6ccccc6)c5)cccc43)c2)cc1. The van der Waals surface area contributed by atoms with E-state index in [9.17, 15) is 0 Å². The van der Waals surface area contributed by atoms with Crippen LogP contribution in [-0.4, -0.2) is 0 Å². The minimum atomic E-state index is -0.596. The number of fused-ring (bicyclic) bond motifs is 10. The van der Waals surface area contributed by atoms with Gasteiger partial charge in [0.1, 0.15) is 0 Å². The first-order chi connectivity index (χ1) is 34.2. The van der Waals surface area contributed by atoms with E-state index in [4.69, 9.17) is 0 Å². The van der Waals surface area contributed by atoms with Crippen molar-refractivity contribution in [2.75, 3.05) is 9.80 Å². The van der Waals surface area contributed by atoms with Crippen LogP contribution in [0.25, 0.3) is 55.6 Å². The van der Waals surface area contributed by atoms with Gasteiger partial charge < -0.3 is 9.80 Å². The van der Waals surface area contributed by atoms with Crippen LogP contribution >= 0.6 is 0 Å². The molecular weight excluding hydrogens is 833 g/mol. The molecule has 0 radical (unpaired) electrons. The predicted octanol–water partition coefficient (Wildman–Crippen LogP) is 18.0.